The van der Waals surface area contributed by atoms with Gasteiger partial charge in [0.1, 0.15) is 0 Å². The average molecular weight is 340 g/mol. The zero-order valence-corrected chi connectivity index (χ0v) is 14.7. The molecule has 0 aliphatic rings. The lowest BCUT2D eigenvalue weighted by Gasteiger charge is -2.20. The van der Waals surface area contributed by atoms with E-state index in [0.29, 0.717) is 0 Å². The molecular formula is C17H26BrNO. The fourth-order valence-corrected chi connectivity index (χ4v) is 2.45. The first-order valence-electron chi connectivity index (χ1n) is 7.28. The molecule has 112 valence electrons. The summed E-state index contributed by atoms with van der Waals surface area (Å²) in [6.45, 7) is 7.37. The zero-order valence-electron chi connectivity index (χ0n) is 13.1. The van der Waals surface area contributed by atoms with Crippen LogP contribution in [-0.2, 0) is 5.41 Å². The van der Waals surface area contributed by atoms with Crippen LogP contribution >= 0.6 is 15.9 Å². The van der Waals surface area contributed by atoms with Crippen LogP contribution in [0, 0.1) is 0 Å². The molecule has 1 amide bonds. The van der Waals surface area contributed by atoms with Gasteiger partial charge in [-0.3, -0.25) is 4.79 Å². The SMILES string of the molecule is CN(CCCCCBr)C(=O)c1ccc(C(C)(C)C)cc1. The fourth-order valence-electron chi connectivity index (χ4n) is 2.05. The lowest BCUT2D eigenvalue weighted by molar-refractivity contribution is 0.0792. The number of carbonyl (C=O) groups excluding carboxylic acids is 1. The van der Waals surface area contributed by atoms with Gasteiger partial charge in [-0.2, -0.15) is 0 Å². The van der Waals surface area contributed by atoms with E-state index in [2.05, 4.69) is 48.8 Å². The molecular weight excluding hydrogens is 314 g/mol. The predicted octanol–water partition coefficient (Wildman–Crippen LogP) is 4.62. The minimum Gasteiger partial charge on any atom is -0.342 e. The monoisotopic (exact) mass is 339 g/mol. The van der Waals surface area contributed by atoms with E-state index in [1.165, 1.54) is 12.0 Å². The average Bonchev–Trinajstić information content (AvgIpc) is 2.41. The summed E-state index contributed by atoms with van der Waals surface area (Å²) in [6, 6.07) is 8.01. The largest absolute Gasteiger partial charge is 0.342 e. The van der Waals surface area contributed by atoms with E-state index in [-0.39, 0.29) is 11.3 Å². The molecule has 2 nitrogen and oxygen atoms in total. The van der Waals surface area contributed by atoms with E-state index >= 15 is 0 Å². The summed E-state index contributed by atoms with van der Waals surface area (Å²) in [5.41, 5.74) is 2.17. The highest BCUT2D eigenvalue weighted by Gasteiger charge is 2.15. The van der Waals surface area contributed by atoms with Crippen LogP contribution in [0.4, 0.5) is 0 Å². The number of hydrogen-bond acceptors (Lipinski definition) is 1. The molecule has 20 heavy (non-hydrogen) atoms. The molecule has 0 saturated carbocycles. The smallest absolute Gasteiger partial charge is 0.253 e. The molecule has 0 fully saturated rings. The lowest BCUT2D eigenvalue weighted by atomic mass is 9.86. The topological polar surface area (TPSA) is 20.3 Å². The van der Waals surface area contributed by atoms with Crippen LogP contribution in [0.15, 0.2) is 24.3 Å². The highest BCUT2D eigenvalue weighted by Crippen LogP contribution is 2.22. The van der Waals surface area contributed by atoms with Gasteiger partial charge in [0.2, 0.25) is 0 Å². The first-order valence-corrected chi connectivity index (χ1v) is 8.40. The van der Waals surface area contributed by atoms with E-state index < -0.39 is 0 Å². The van der Waals surface area contributed by atoms with Crippen LogP contribution in [0.1, 0.15) is 56.0 Å². The van der Waals surface area contributed by atoms with Crippen molar-refractivity contribution in [1.82, 2.24) is 4.90 Å². The Hall–Kier alpha value is -0.830. The highest BCUT2D eigenvalue weighted by atomic mass is 79.9. The van der Waals surface area contributed by atoms with Crippen molar-refractivity contribution in [3.63, 3.8) is 0 Å². The quantitative estimate of drug-likeness (QED) is 0.546. The Morgan fingerprint density at radius 3 is 2.20 bits per heavy atom. The number of benzene rings is 1. The molecule has 0 aromatic heterocycles. The van der Waals surface area contributed by atoms with Gasteiger partial charge in [0, 0.05) is 24.5 Å². The van der Waals surface area contributed by atoms with Crippen molar-refractivity contribution in [2.45, 2.75) is 45.4 Å². The second-order valence-electron chi connectivity index (χ2n) is 6.30. The van der Waals surface area contributed by atoms with Gasteiger partial charge < -0.3 is 4.90 Å². The Morgan fingerprint density at radius 1 is 1.10 bits per heavy atom. The normalized spacial score (nSPS) is 11.4. The summed E-state index contributed by atoms with van der Waals surface area (Å²) in [6.07, 6.45) is 3.39. The number of rotatable bonds is 6. The van der Waals surface area contributed by atoms with Crippen LogP contribution in [0.5, 0.6) is 0 Å². The highest BCUT2D eigenvalue weighted by molar-refractivity contribution is 9.09. The first kappa shape index (κ1) is 17.2. The Kier molecular flexibility index (Phi) is 6.74. The maximum absolute atomic E-state index is 12.3. The number of carbonyl (C=O) groups is 1. The Morgan fingerprint density at radius 2 is 1.70 bits per heavy atom. The van der Waals surface area contributed by atoms with Gasteiger partial charge >= 0.3 is 0 Å². The van der Waals surface area contributed by atoms with E-state index in [1.807, 2.05) is 24.1 Å². The van der Waals surface area contributed by atoms with Gasteiger partial charge in [-0.1, -0.05) is 55.3 Å². The van der Waals surface area contributed by atoms with E-state index in [0.717, 1.165) is 30.3 Å². The molecule has 0 radical (unpaired) electrons. The van der Waals surface area contributed by atoms with Gasteiger partial charge in [0.25, 0.3) is 5.91 Å². The third-order valence-electron chi connectivity index (χ3n) is 3.47. The number of amides is 1. The number of unbranched alkanes of at least 4 members (excludes halogenated alkanes) is 2. The van der Waals surface area contributed by atoms with Gasteiger partial charge in [0.15, 0.2) is 0 Å². The molecule has 0 N–H and O–H groups in total. The Balaban J connectivity index is 2.59. The molecule has 1 aromatic rings. The van der Waals surface area contributed by atoms with E-state index in [1.54, 1.807) is 0 Å². The number of nitrogens with zero attached hydrogens (tertiary/aromatic N) is 1. The summed E-state index contributed by atoms with van der Waals surface area (Å²) < 4.78 is 0. The van der Waals surface area contributed by atoms with E-state index in [9.17, 15) is 4.79 Å². The molecule has 0 saturated heterocycles. The Labute approximate surface area is 131 Å². The Bertz CT molecular complexity index is 420. The zero-order chi connectivity index (χ0) is 15.2. The third-order valence-corrected chi connectivity index (χ3v) is 4.03. The second kappa shape index (κ2) is 7.82. The van der Waals surface area contributed by atoms with Gasteiger partial charge in [-0.05, 0) is 36.0 Å². The summed E-state index contributed by atoms with van der Waals surface area (Å²) >= 11 is 3.42. The number of halogens is 1. The van der Waals surface area contributed by atoms with Crippen molar-refractivity contribution >= 4 is 21.8 Å². The molecule has 1 aromatic carbocycles. The maximum atomic E-state index is 12.3. The van der Waals surface area contributed by atoms with Gasteiger partial charge in [0.05, 0.1) is 0 Å². The number of hydrogen-bond donors (Lipinski definition) is 0. The second-order valence-corrected chi connectivity index (χ2v) is 7.10. The third kappa shape index (κ3) is 5.28. The van der Waals surface area contributed by atoms with Gasteiger partial charge in [-0.25, -0.2) is 0 Å². The minimum atomic E-state index is 0.115. The summed E-state index contributed by atoms with van der Waals surface area (Å²) in [5.74, 6) is 0.115. The number of alkyl halides is 1. The molecule has 3 heteroatoms. The molecule has 0 bridgehead atoms. The molecule has 0 aliphatic heterocycles. The van der Waals surface area contributed by atoms with Crippen LogP contribution in [0.3, 0.4) is 0 Å². The van der Waals surface area contributed by atoms with Crippen molar-refractivity contribution in [1.29, 1.82) is 0 Å². The molecule has 1 rings (SSSR count). The van der Waals surface area contributed by atoms with Crippen LogP contribution < -0.4 is 0 Å². The summed E-state index contributed by atoms with van der Waals surface area (Å²) in [5, 5.41) is 1.04. The summed E-state index contributed by atoms with van der Waals surface area (Å²) in [4.78, 5) is 14.1. The summed E-state index contributed by atoms with van der Waals surface area (Å²) in [7, 11) is 1.88. The standard InChI is InChI=1S/C17H26BrNO/c1-17(2,3)15-10-8-14(9-11-15)16(20)19(4)13-7-5-6-12-18/h8-11H,5-7,12-13H2,1-4H3. The molecule has 0 aliphatic carbocycles. The molecule has 0 spiro atoms. The first-order chi connectivity index (χ1) is 9.36. The lowest BCUT2D eigenvalue weighted by Crippen LogP contribution is -2.27. The van der Waals surface area contributed by atoms with Crippen LogP contribution in [-0.4, -0.2) is 29.7 Å². The van der Waals surface area contributed by atoms with Crippen molar-refractivity contribution < 1.29 is 4.79 Å². The van der Waals surface area contributed by atoms with Crippen LogP contribution in [0.25, 0.3) is 0 Å². The fraction of sp³-hybridized carbons (Fsp3) is 0.588. The van der Waals surface area contributed by atoms with Crippen molar-refractivity contribution in [2.24, 2.45) is 0 Å². The van der Waals surface area contributed by atoms with E-state index in [4.69, 9.17) is 0 Å². The predicted molar refractivity (Wildman–Crippen MR) is 89.7 cm³/mol. The molecule has 0 heterocycles. The van der Waals surface area contributed by atoms with Gasteiger partial charge in [-0.15, -0.1) is 0 Å². The van der Waals surface area contributed by atoms with Crippen molar-refractivity contribution in [3.05, 3.63) is 35.4 Å². The van der Waals surface area contributed by atoms with Crippen LogP contribution in [0.2, 0.25) is 0 Å². The molecule has 0 unspecified atom stereocenters. The van der Waals surface area contributed by atoms with Crippen molar-refractivity contribution in [3.8, 4) is 0 Å². The molecule has 0 atom stereocenters. The minimum absolute atomic E-state index is 0.115. The van der Waals surface area contributed by atoms with Crippen molar-refractivity contribution in [2.75, 3.05) is 18.9 Å². The maximum Gasteiger partial charge on any atom is 0.253 e.